The van der Waals surface area contributed by atoms with E-state index in [-0.39, 0.29) is 12.3 Å². The van der Waals surface area contributed by atoms with Crippen LogP contribution in [0.15, 0.2) is 65.7 Å². The van der Waals surface area contributed by atoms with Gasteiger partial charge in [-0.15, -0.1) is 0 Å². The lowest BCUT2D eigenvalue weighted by Gasteiger charge is -2.31. The molecule has 2 aliphatic heterocycles. The number of aliphatic imine (C=N–C) groups is 1. The molecule has 0 radical (unpaired) electrons. The first-order valence-corrected chi connectivity index (χ1v) is 7.96. The molecule has 2 unspecified atom stereocenters. The number of nitrogens with zero attached hydrogens (tertiary/aromatic N) is 1. The fourth-order valence-corrected chi connectivity index (χ4v) is 3.19. The molecule has 0 amide bonds. The third-order valence-electron chi connectivity index (χ3n) is 4.39. The minimum Gasteiger partial charge on any atom is -0.427 e. The predicted molar refractivity (Wildman–Crippen MR) is 86.4 cm³/mol. The number of esters is 1. The highest BCUT2D eigenvalue weighted by molar-refractivity contribution is 5.96. The van der Waals surface area contributed by atoms with Crippen LogP contribution in [0.2, 0.25) is 0 Å². The van der Waals surface area contributed by atoms with Gasteiger partial charge in [0.2, 0.25) is 5.90 Å². The van der Waals surface area contributed by atoms with Gasteiger partial charge in [0, 0.05) is 12.0 Å². The number of carbonyl (C=O) groups is 1. The Bertz CT molecular complexity index is 823. The maximum absolute atomic E-state index is 14.7. The normalized spacial score (nSPS) is 27.0. The van der Waals surface area contributed by atoms with E-state index in [0.29, 0.717) is 5.56 Å². The molecule has 2 aromatic carbocycles. The average Bonchev–Trinajstić information content (AvgIpc) is 3.07. The van der Waals surface area contributed by atoms with E-state index in [1.165, 1.54) is 0 Å². The third-order valence-corrected chi connectivity index (χ3v) is 4.39. The van der Waals surface area contributed by atoms with Crippen LogP contribution in [-0.2, 0) is 20.7 Å². The zero-order valence-electron chi connectivity index (χ0n) is 13.2. The van der Waals surface area contributed by atoms with Crippen molar-refractivity contribution in [3.63, 3.8) is 0 Å². The molecule has 128 valence electrons. The van der Waals surface area contributed by atoms with Crippen molar-refractivity contribution in [2.75, 3.05) is 0 Å². The molecule has 4 nitrogen and oxygen atoms in total. The maximum atomic E-state index is 14.7. The van der Waals surface area contributed by atoms with E-state index in [9.17, 15) is 13.6 Å². The van der Waals surface area contributed by atoms with E-state index in [1.807, 2.05) is 30.3 Å². The van der Waals surface area contributed by atoms with E-state index < -0.39 is 30.1 Å². The fourth-order valence-electron chi connectivity index (χ4n) is 3.19. The van der Waals surface area contributed by atoms with Crippen LogP contribution in [0.1, 0.15) is 17.5 Å². The Kier molecular flexibility index (Phi) is 3.56. The molecule has 25 heavy (non-hydrogen) atoms. The van der Waals surface area contributed by atoms with Crippen molar-refractivity contribution in [1.82, 2.24) is 0 Å². The number of carbonyl (C=O) groups excluding carboxylic acids is 1. The molecule has 0 bridgehead atoms. The van der Waals surface area contributed by atoms with Crippen molar-refractivity contribution in [3.05, 3.63) is 71.8 Å². The Morgan fingerprint density at radius 3 is 2.24 bits per heavy atom. The van der Waals surface area contributed by atoms with Gasteiger partial charge in [-0.3, -0.25) is 4.79 Å². The lowest BCUT2D eigenvalue weighted by atomic mass is 9.94. The van der Waals surface area contributed by atoms with Crippen molar-refractivity contribution in [2.24, 2.45) is 4.99 Å². The number of rotatable bonds is 3. The van der Waals surface area contributed by atoms with E-state index in [4.69, 9.17) is 9.47 Å². The molecule has 0 aromatic heterocycles. The zero-order chi connectivity index (χ0) is 17.5. The highest BCUT2D eigenvalue weighted by Gasteiger charge is 2.72. The Morgan fingerprint density at radius 2 is 1.64 bits per heavy atom. The number of hydrogen-bond acceptors (Lipinski definition) is 4. The van der Waals surface area contributed by atoms with Gasteiger partial charge in [-0.2, -0.15) is 8.78 Å². The van der Waals surface area contributed by atoms with Crippen LogP contribution < -0.4 is 0 Å². The molecule has 6 heteroatoms. The molecule has 2 aromatic rings. The summed E-state index contributed by atoms with van der Waals surface area (Å²) in [6, 6.07) is 16.8. The van der Waals surface area contributed by atoms with Crippen molar-refractivity contribution in [3.8, 4) is 0 Å². The van der Waals surface area contributed by atoms with E-state index in [0.717, 1.165) is 5.56 Å². The second-order valence-corrected chi connectivity index (χ2v) is 6.13. The standard InChI is InChI=1S/C19H15F2NO3/c20-18(21)12-16(23)24-19(18)15(11-13-7-3-1-4-8-13)22-17(25-19)14-9-5-2-6-10-14/h1-10,15H,11-12H2. The van der Waals surface area contributed by atoms with Gasteiger partial charge >= 0.3 is 17.7 Å². The third kappa shape index (κ3) is 2.58. The summed E-state index contributed by atoms with van der Waals surface area (Å²) in [4.78, 5) is 16.0. The summed E-state index contributed by atoms with van der Waals surface area (Å²) in [5, 5.41) is 0. The molecule has 0 saturated carbocycles. The second-order valence-electron chi connectivity index (χ2n) is 6.13. The lowest BCUT2D eigenvalue weighted by Crippen LogP contribution is -2.53. The minimum atomic E-state index is -3.45. The Labute approximate surface area is 143 Å². The molecule has 2 atom stereocenters. The van der Waals surface area contributed by atoms with Gasteiger partial charge in [-0.25, -0.2) is 4.99 Å². The van der Waals surface area contributed by atoms with E-state index >= 15 is 0 Å². The molecule has 2 aliphatic rings. The fraction of sp³-hybridized carbons (Fsp3) is 0.263. The number of hydrogen-bond donors (Lipinski definition) is 0. The van der Waals surface area contributed by atoms with Gasteiger partial charge in [0.15, 0.2) is 0 Å². The molecule has 1 fully saturated rings. The van der Waals surface area contributed by atoms with Crippen LogP contribution in [0, 0.1) is 0 Å². The summed E-state index contributed by atoms with van der Waals surface area (Å²) >= 11 is 0. The first kappa shape index (κ1) is 15.7. The zero-order valence-corrected chi connectivity index (χ0v) is 13.2. The summed E-state index contributed by atoms with van der Waals surface area (Å²) < 4.78 is 39.9. The number of alkyl halides is 2. The maximum Gasteiger partial charge on any atom is 0.343 e. The molecule has 4 rings (SSSR count). The van der Waals surface area contributed by atoms with Crippen LogP contribution in [0.25, 0.3) is 0 Å². The topological polar surface area (TPSA) is 47.9 Å². The summed E-state index contributed by atoms with van der Waals surface area (Å²) in [5.41, 5.74) is 1.38. The number of benzene rings is 2. The summed E-state index contributed by atoms with van der Waals surface area (Å²) in [6.07, 6.45) is -0.823. The van der Waals surface area contributed by atoms with Crippen LogP contribution in [0.4, 0.5) is 8.78 Å². The number of halogens is 2. The molecule has 0 aliphatic carbocycles. The highest BCUT2D eigenvalue weighted by atomic mass is 19.3. The summed E-state index contributed by atoms with van der Waals surface area (Å²) in [7, 11) is 0. The smallest absolute Gasteiger partial charge is 0.343 e. The predicted octanol–water partition coefficient (Wildman–Crippen LogP) is 3.35. The summed E-state index contributed by atoms with van der Waals surface area (Å²) in [5.74, 6) is -6.75. The Balaban J connectivity index is 1.74. The molecule has 0 N–H and O–H groups in total. The Hall–Kier alpha value is -2.76. The highest BCUT2D eigenvalue weighted by Crippen LogP contribution is 2.49. The lowest BCUT2D eigenvalue weighted by molar-refractivity contribution is -0.257. The van der Waals surface area contributed by atoms with Gasteiger partial charge in [0.1, 0.15) is 12.5 Å². The monoisotopic (exact) mass is 343 g/mol. The molecular weight excluding hydrogens is 328 g/mol. The molecular formula is C19H15F2NO3. The van der Waals surface area contributed by atoms with Gasteiger partial charge in [-0.05, 0) is 17.7 Å². The van der Waals surface area contributed by atoms with E-state index in [1.54, 1.807) is 30.3 Å². The van der Waals surface area contributed by atoms with E-state index in [2.05, 4.69) is 4.99 Å². The molecule has 1 saturated heterocycles. The molecule has 2 heterocycles. The average molecular weight is 343 g/mol. The van der Waals surface area contributed by atoms with Gasteiger partial charge in [-0.1, -0.05) is 48.5 Å². The van der Waals surface area contributed by atoms with Gasteiger partial charge in [0.25, 0.3) is 0 Å². The van der Waals surface area contributed by atoms with Crippen molar-refractivity contribution < 1.29 is 23.0 Å². The van der Waals surface area contributed by atoms with Crippen molar-refractivity contribution >= 4 is 11.9 Å². The number of ether oxygens (including phenoxy) is 2. The first-order valence-electron chi connectivity index (χ1n) is 7.96. The second kappa shape index (κ2) is 5.65. The molecule has 1 spiro atoms. The summed E-state index contributed by atoms with van der Waals surface area (Å²) in [6.45, 7) is 0. The van der Waals surface area contributed by atoms with Gasteiger partial charge in [0.05, 0.1) is 0 Å². The Morgan fingerprint density at radius 1 is 1.00 bits per heavy atom. The SMILES string of the molecule is O=C1CC(F)(F)C2(O1)OC(c1ccccc1)=NC2Cc1ccccc1. The van der Waals surface area contributed by atoms with Gasteiger partial charge < -0.3 is 9.47 Å². The van der Waals surface area contributed by atoms with Crippen LogP contribution in [0.5, 0.6) is 0 Å². The first-order chi connectivity index (χ1) is 12.0. The largest absolute Gasteiger partial charge is 0.427 e. The van der Waals surface area contributed by atoms with Crippen molar-refractivity contribution in [2.45, 2.75) is 30.6 Å². The van der Waals surface area contributed by atoms with Crippen LogP contribution in [0.3, 0.4) is 0 Å². The van der Waals surface area contributed by atoms with Crippen molar-refractivity contribution in [1.29, 1.82) is 0 Å². The quantitative estimate of drug-likeness (QED) is 0.803. The minimum absolute atomic E-state index is 0.0657. The van der Waals surface area contributed by atoms with Crippen LogP contribution >= 0.6 is 0 Å². The van der Waals surface area contributed by atoms with Crippen LogP contribution in [-0.4, -0.2) is 29.6 Å².